The number of hydrogen-bond donors (Lipinski definition) is 0. The van der Waals surface area contributed by atoms with Gasteiger partial charge in [0, 0.05) is 6.20 Å². The van der Waals surface area contributed by atoms with Crippen LogP contribution in [0.15, 0.2) is 24.4 Å². The van der Waals surface area contributed by atoms with Crippen molar-refractivity contribution in [1.29, 1.82) is 0 Å². The first-order chi connectivity index (χ1) is 9.38. The molecular weight excluding hydrogens is 276 g/mol. The smallest absolute Gasteiger partial charge is 0.326 e. The summed E-state index contributed by atoms with van der Waals surface area (Å²) in [4.78, 5) is 16.3. The van der Waals surface area contributed by atoms with Crippen molar-refractivity contribution in [3.8, 4) is 0 Å². The van der Waals surface area contributed by atoms with Crippen molar-refractivity contribution in [1.82, 2.24) is 9.29 Å². The van der Waals surface area contributed by atoms with E-state index in [0.29, 0.717) is 6.61 Å². The summed E-state index contributed by atoms with van der Waals surface area (Å²) in [6, 6.07) is 4.77. The normalized spacial score (nSPS) is 26.9. The standard InChI is InChI=1S/C14H20N2O3S/c1-5-19-13(17)12-11(10-8-6-7-9-15-10)16(12)20(18)14(2,3)4/h6-9,11-12H,5H2,1-4H3/t11-,12-,16?,20-/m0/s1. The minimum atomic E-state index is -1.27. The zero-order valence-corrected chi connectivity index (χ0v) is 13.0. The summed E-state index contributed by atoms with van der Waals surface area (Å²) in [5.41, 5.74) is 0.753. The lowest BCUT2D eigenvalue weighted by atomic mass is 10.2. The topological polar surface area (TPSA) is 59.3 Å². The van der Waals surface area contributed by atoms with Crippen molar-refractivity contribution in [2.24, 2.45) is 0 Å². The molecule has 6 heteroatoms. The average Bonchev–Trinajstić information content (AvgIpc) is 3.13. The molecule has 0 saturated carbocycles. The molecule has 1 fully saturated rings. The minimum absolute atomic E-state index is 0.254. The summed E-state index contributed by atoms with van der Waals surface area (Å²) in [5, 5.41) is 0. The van der Waals surface area contributed by atoms with Gasteiger partial charge in [-0.1, -0.05) is 6.07 Å². The number of rotatable bonds is 4. The Bertz CT molecular complexity index is 513. The molecule has 1 aliphatic rings. The second-order valence-corrected chi connectivity index (χ2v) is 7.76. The fraction of sp³-hybridized carbons (Fsp3) is 0.571. The van der Waals surface area contributed by atoms with Crippen molar-refractivity contribution in [3.63, 3.8) is 0 Å². The van der Waals surface area contributed by atoms with Crippen molar-refractivity contribution >= 4 is 17.0 Å². The van der Waals surface area contributed by atoms with Gasteiger partial charge in [-0.2, -0.15) is 4.31 Å². The van der Waals surface area contributed by atoms with E-state index in [2.05, 4.69) is 4.98 Å². The van der Waals surface area contributed by atoms with Crippen molar-refractivity contribution in [2.45, 2.75) is 44.5 Å². The molecule has 0 aromatic carbocycles. The Labute approximate surface area is 121 Å². The Morgan fingerprint density at radius 2 is 2.15 bits per heavy atom. The third-order valence-corrected chi connectivity index (χ3v) is 4.88. The van der Waals surface area contributed by atoms with Crippen LogP contribution in [0, 0.1) is 0 Å². The SMILES string of the molecule is CCOC(=O)[C@@H]1[C@H](c2ccccn2)N1[S@@](=O)C(C)(C)C. The second-order valence-electron chi connectivity index (χ2n) is 5.62. The first-order valence-corrected chi connectivity index (χ1v) is 7.76. The summed E-state index contributed by atoms with van der Waals surface area (Å²) in [5.74, 6) is -0.333. The summed E-state index contributed by atoms with van der Waals surface area (Å²) in [6.45, 7) is 7.75. The van der Waals surface area contributed by atoms with E-state index in [1.807, 2.05) is 39.0 Å². The van der Waals surface area contributed by atoms with Crippen molar-refractivity contribution in [2.75, 3.05) is 6.61 Å². The van der Waals surface area contributed by atoms with E-state index >= 15 is 0 Å². The number of carbonyl (C=O) groups is 1. The molecule has 1 aliphatic heterocycles. The highest BCUT2D eigenvalue weighted by molar-refractivity contribution is 7.84. The van der Waals surface area contributed by atoms with Crippen LogP contribution in [0.2, 0.25) is 0 Å². The zero-order chi connectivity index (χ0) is 14.9. The van der Waals surface area contributed by atoms with Crippen LogP contribution in [0.1, 0.15) is 39.4 Å². The Hall–Kier alpha value is -1.27. The Balaban J connectivity index is 2.25. The minimum Gasteiger partial charge on any atom is -0.465 e. The molecule has 0 spiro atoms. The lowest BCUT2D eigenvalue weighted by molar-refractivity contribution is -0.143. The highest BCUT2D eigenvalue weighted by Crippen LogP contribution is 2.46. The fourth-order valence-corrected chi connectivity index (χ4v) is 3.45. The van der Waals surface area contributed by atoms with Gasteiger partial charge >= 0.3 is 5.97 Å². The van der Waals surface area contributed by atoms with Gasteiger partial charge < -0.3 is 4.74 Å². The first kappa shape index (κ1) is 15.1. The molecule has 0 amide bonds. The molecule has 20 heavy (non-hydrogen) atoms. The Kier molecular flexibility index (Phi) is 4.25. The third-order valence-electron chi connectivity index (χ3n) is 2.99. The van der Waals surface area contributed by atoms with Crippen LogP contribution in [0.5, 0.6) is 0 Å². The van der Waals surface area contributed by atoms with Crippen LogP contribution in [-0.2, 0) is 20.5 Å². The van der Waals surface area contributed by atoms with Gasteiger partial charge in [0.15, 0.2) is 0 Å². The largest absolute Gasteiger partial charge is 0.465 e. The molecular formula is C14H20N2O3S. The molecule has 110 valence electrons. The van der Waals surface area contributed by atoms with E-state index in [9.17, 15) is 9.00 Å². The summed E-state index contributed by atoms with van der Waals surface area (Å²) in [6.07, 6.45) is 1.67. The molecule has 5 nitrogen and oxygen atoms in total. The van der Waals surface area contributed by atoms with E-state index in [-0.39, 0.29) is 12.0 Å². The van der Waals surface area contributed by atoms with E-state index in [4.69, 9.17) is 4.74 Å². The molecule has 0 bridgehead atoms. The van der Waals surface area contributed by atoms with Gasteiger partial charge in [0.05, 0.1) is 23.1 Å². The van der Waals surface area contributed by atoms with Gasteiger partial charge in [0.25, 0.3) is 0 Å². The van der Waals surface area contributed by atoms with Gasteiger partial charge in [-0.25, -0.2) is 4.21 Å². The number of esters is 1. The Morgan fingerprint density at radius 3 is 2.65 bits per heavy atom. The molecule has 2 rings (SSSR count). The maximum Gasteiger partial charge on any atom is 0.326 e. The molecule has 4 atom stereocenters. The summed E-state index contributed by atoms with van der Waals surface area (Å²) >= 11 is 0. The van der Waals surface area contributed by atoms with Gasteiger partial charge in [0.2, 0.25) is 0 Å². The number of ether oxygens (including phenoxy) is 1. The summed E-state index contributed by atoms with van der Waals surface area (Å²) in [7, 11) is -1.27. The maximum atomic E-state index is 12.5. The van der Waals surface area contributed by atoms with Crippen LogP contribution in [0.25, 0.3) is 0 Å². The molecule has 0 radical (unpaired) electrons. The van der Waals surface area contributed by atoms with E-state index in [0.717, 1.165) is 5.69 Å². The Morgan fingerprint density at radius 1 is 1.45 bits per heavy atom. The lowest BCUT2D eigenvalue weighted by Gasteiger charge is -2.18. The molecule has 2 heterocycles. The van der Waals surface area contributed by atoms with Crippen molar-refractivity contribution in [3.05, 3.63) is 30.1 Å². The molecule has 1 aromatic heterocycles. The number of pyridine rings is 1. The lowest BCUT2D eigenvalue weighted by Crippen LogP contribution is -2.30. The third kappa shape index (κ3) is 2.91. The van der Waals surface area contributed by atoms with Gasteiger partial charge in [-0.3, -0.25) is 9.78 Å². The van der Waals surface area contributed by atoms with E-state index in [1.165, 1.54) is 0 Å². The van der Waals surface area contributed by atoms with Gasteiger partial charge in [-0.05, 0) is 39.8 Å². The number of aromatic nitrogens is 1. The summed E-state index contributed by atoms with van der Waals surface area (Å²) < 4.78 is 18.9. The highest BCUT2D eigenvalue weighted by Gasteiger charge is 2.60. The number of carbonyl (C=O) groups excluding carboxylic acids is 1. The van der Waals surface area contributed by atoms with Crippen LogP contribution in [0.4, 0.5) is 0 Å². The van der Waals surface area contributed by atoms with Crippen LogP contribution < -0.4 is 0 Å². The van der Waals surface area contributed by atoms with E-state index in [1.54, 1.807) is 17.4 Å². The average molecular weight is 296 g/mol. The monoisotopic (exact) mass is 296 g/mol. The van der Waals surface area contributed by atoms with Gasteiger partial charge in [-0.15, -0.1) is 0 Å². The quantitative estimate of drug-likeness (QED) is 0.628. The van der Waals surface area contributed by atoms with Gasteiger partial charge in [0.1, 0.15) is 17.0 Å². The molecule has 0 aliphatic carbocycles. The van der Waals surface area contributed by atoms with Crippen molar-refractivity contribution < 1.29 is 13.7 Å². The molecule has 1 aromatic rings. The molecule has 1 unspecified atom stereocenters. The van der Waals surface area contributed by atoms with E-state index < -0.39 is 21.8 Å². The predicted octanol–water partition coefficient (Wildman–Crippen LogP) is 1.83. The van der Waals surface area contributed by atoms with Crippen LogP contribution >= 0.6 is 0 Å². The number of hydrogen-bond acceptors (Lipinski definition) is 4. The highest BCUT2D eigenvalue weighted by atomic mass is 32.2. The fourth-order valence-electron chi connectivity index (χ4n) is 2.04. The molecule has 0 N–H and O–H groups in total. The van der Waals surface area contributed by atoms with Crippen LogP contribution in [0.3, 0.4) is 0 Å². The number of nitrogens with zero attached hydrogens (tertiary/aromatic N) is 2. The second kappa shape index (κ2) is 5.61. The predicted molar refractivity (Wildman–Crippen MR) is 77.1 cm³/mol. The molecule has 1 saturated heterocycles. The maximum absolute atomic E-state index is 12.5. The van der Waals surface area contributed by atoms with Crippen LogP contribution in [-0.4, -0.2) is 36.9 Å². The first-order valence-electron chi connectivity index (χ1n) is 6.65. The zero-order valence-electron chi connectivity index (χ0n) is 12.2.